The van der Waals surface area contributed by atoms with Gasteiger partial charge in [-0.3, -0.25) is 4.28 Å². The van der Waals surface area contributed by atoms with Crippen LogP contribution in [-0.4, -0.2) is 19.1 Å². The van der Waals surface area contributed by atoms with Gasteiger partial charge in [0.2, 0.25) is 0 Å². The minimum absolute atomic E-state index is 0.0701. The molecule has 0 saturated carbocycles. The molecule has 0 spiro atoms. The minimum atomic E-state index is -3.86. The summed E-state index contributed by atoms with van der Waals surface area (Å²) in [6.45, 7) is 1.64. The normalized spacial score (nSPS) is 12.4. The molecule has 18 heavy (non-hydrogen) atoms. The zero-order chi connectivity index (χ0) is 13.0. The van der Waals surface area contributed by atoms with Crippen LogP contribution in [-0.2, 0) is 14.4 Å². The second-order valence-electron chi connectivity index (χ2n) is 3.36. The first-order valence-electron chi connectivity index (χ1n) is 5.03. The number of aromatic nitrogens is 1. The molecule has 1 aromatic heterocycles. The lowest BCUT2D eigenvalue weighted by molar-refractivity contribution is 0.339. The van der Waals surface area contributed by atoms with E-state index in [4.69, 9.17) is 0 Å². The average Bonchev–Trinajstić information content (AvgIpc) is 2.91. The van der Waals surface area contributed by atoms with Gasteiger partial charge < -0.3 is 0 Å². The Morgan fingerprint density at radius 3 is 2.67 bits per heavy atom. The van der Waals surface area contributed by atoms with Gasteiger partial charge in [0.05, 0.1) is 0 Å². The molecule has 0 atom stereocenters. The van der Waals surface area contributed by atoms with Crippen LogP contribution in [0.5, 0.6) is 0 Å². The lowest BCUT2D eigenvalue weighted by Gasteiger charge is -2.01. The third kappa shape index (κ3) is 2.93. The molecule has 1 aromatic carbocycles. The smallest absolute Gasteiger partial charge is 0.264 e. The van der Waals surface area contributed by atoms with Crippen LogP contribution in [0.4, 0.5) is 0 Å². The maximum absolute atomic E-state index is 11.8. The van der Waals surface area contributed by atoms with Crippen molar-refractivity contribution < 1.29 is 12.7 Å². The number of nitrogens with zero attached hydrogens (tertiary/aromatic N) is 2. The molecular weight excluding hydrogens is 272 g/mol. The van der Waals surface area contributed by atoms with Crippen LogP contribution in [0.3, 0.4) is 0 Å². The Morgan fingerprint density at radius 1 is 1.33 bits per heavy atom. The Morgan fingerprint density at radius 2 is 2.06 bits per heavy atom. The molecule has 94 valence electrons. The van der Waals surface area contributed by atoms with Gasteiger partial charge in [-0.2, -0.15) is 8.42 Å². The maximum atomic E-state index is 11.8. The molecule has 0 fully saturated rings. The Bertz CT molecular complexity index is 634. The highest BCUT2D eigenvalue weighted by Gasteiger charge is 2.15. The van der Waals surface area contributed by atoms with Gasteiger partial charge in [-0.05, 0) is 19.1 Å². The van der Waals surface area contributed by atoms with E-state index in [0.717, 1.165) is 0 Å². The fraction of sp³-hybridized carbons (Fsp3) is 0.0909. The van der Waals surface area contributed by atoms with E-state index in [9.17, 15) is 8.42 Å². The molecule has 2 aromatic rings. The van der Waals surface area contributed by atoms with Gasteiger partial charge in [0.1, 0.15) is 15.6 Å². The lowest BCUT2D eigenvalue weighted by atomic mass is 10.4. The van der Waals surface area contributed by atoms with E-state index in [2.05, 4.69) is 14.4 Å². The number of benzene rings is 1. The molecule has 0 amide bonds. The predicted molar refractivity (Wildman–Crippen MR) is 69.0 cm³/mol. The molecular formula is C11H10N2O3S2. The van der Waals surface area contributed by atoms with Gasteiger partial charge in [0, 0.05) is 11.6 Å². The Kier molecular flexibility index (Phi) is 3.73. The second-order valence-corrected chi connectivity index (χ2v) is 5.78. The van der Waals surface area contributed by atoms with E-state index in [1.807, 2.05) is 0 Å². The summed E-state index contributed by atoms with van der Waals surface area (Å²) in [6.07, 6.45) is 1.62. The average molecular weight is 282 g/mol. The summed E-state index contributed by atoms with van der Waals surface area (Å²) >= 11 is 1.36. The SMILES string of the molecule is CC(=NOS(=O)(=O)c1ccccc1)c1nccs1. The third-order valence-electron chi connectivity index (χ3n) is 2.05. The molecule has 0 radical (unpaired) electrons. The summed E-state index contributed by atoms with van der Waals surface area (Å²) in [4.78, 5) is 4.07. The van der Waals surface area contributed by atoms with Crippen LogP contribution >= 0.6 is 11.3 Å². The summed E-state index contributed by atoms with van der Waals surface area (Å²) in [6, 6.07) is 7.86. The number of thiazole rings is 1. The summed E-state index contributed by atoms with van der Waals surface area (Å²) in [7, 11) is -3.86. The molecule has 2 rings (SSSR count). The first-order chi connectivity index (χ1) is 8.59. The molecule has 1 heterocycles. The minimum Gasteiger partial charge on any atom is -0.264 e. The van der Waals surface area contributed by atoms with E-state index in [0.29, 0.717) is 10.7 Å². The van der Waals surface area contributed by atoms with Gasteiger partial charge in [-0.25, -0.2) is 4.98 Å². The molecule has 5 nitrogen and oxygen atoms in total. The largest absolute Gasteiger partial charge is 0.358 e. The lowest BCUT2D eigenvalue weighted by Crippen LogP contribution is -2.04. The van der Waals surface area contributed by atoms with Gasteiger partial charge in [0.25, 0.3) is 0 Å². The van der Waals surface area contributed by atoms with Crippen LogP contribution < -0.4 is 0 Å². The van der Waals surface area contributed by atoms with Crippen molar-refractivity contribution in [2.75, 3.05) is 0 Å². The van der Waals surface area contributed by atoms with E-state index in [-0.39, 0.29) is 4.90 Å². The van der Waals surface area contributed by atoms with Crippen molar-refractivity contribution in [1.82, 2.24) is 4.98 Å². The van der Waals surface area contributed by atoms with Crippen LogP contribution in [0.15, 0.2) is 52.0 Å². The van der Waals surface area contributed by atoms with Crippen LogP contribution in [0.1, 0.15) is 11.9 Å². The van der Waals surface area contributed by atoms with Crippen molar-refractivity contribution in [3.63, 3.8) is 0 Å². The van der Waals surface area contributed by atoms with Crippen LogP contribution in [0, 0.1) is 0 Å². The van der Waals surface area contributed by atoms with Gasteiger partial charge in [0.15, 0.2) is 0 Å². The van der Waals surface area contributed by atoms with Crippen molar-refractivity contribution in [3.8, 4) is 0 Å². The number of oxime groups is 1. The topological polar surface area (TPSA) is 68.6 Å². The Labute approximate surface area is 109 Å². The van der Waals surface area contributed by atoms with E-state index in [1.165, 1.54) is 23.5 Å². The van der Waals surface area contributed by atoms with Crippen molar-refractivity contribution in [2.45, 2.75) is 11.8 Å². The Hall–Kier alpha value is -1.73. The standard InChI is InChI=1S/C11H10N2O3S2/c1-9(11-12-7-8-17-11)13-16-18(14,15)10-5-3-2-4-6-10/h2-8H,1H3. The Balaban J connectivity index is 2.18. The summed E-state index contributed by atoms with van der Waals surface area (Å²) in [5, 5.41) is 5.99. The molecule has 0 unspecified atom stereocenters. The van der Waals surface area contributed by atoms with Gasteiger partial charge in [-0.1, -0.05) is 23.4 Å². The fourth-order valence-electron chi connectivity index (χ4n) is 1.18. The van der Waals surface area contributed by atoms with E-state index >= 15 is 0 Å². The number of hydrogen-bond donors (Lipinski definition) is 0. The molecule has 0 aliphatic rings. The summed E-state index contributed by atoms with van der Waals surface area (Å²) < 4.78 is 28.1. The highest BCUT2D eigenvalue weighted by atomic mass is 32.2. The maximum Gasteiger partial charge on any atom is 0.358 e. The second kappa shape index (κ2) is 5.28. The zero-order valence-electron chi connectivity index (χ0n) is 9.48. The van der Waals surface area contributed by atoms with Crippen molar-refractivity contribution in [2.24, 2.45) is 5.16 Å². The highest BCUT2D eigenvalue weighted by molar-refractivity contribution is 7.86. The molecule has 0 saturated heterocycles. The quantitative estimate of drug-likeness (QED) is 0.637. The first-order valence-corrected chi connectivity index (χ1v) is 7.31. The third-order valence-corrected chi connectivity index (χ3v) is 4.05. The molecule has 0 aliphatic carbocycles. The van der Waals surface area contributed by atoms with Gasteiger partial charge in [-0.15, -0.1) is 11.3 Å². The summed E-state index contributed by atoms with van der Waals surface area (Å²) in [5.74, 6) is 0. The van der Waals surface area contributed by atoms with Crippen molar-refractivity contribution in [3.05, 3.63) is 46.9 Å². The zero-order valence-corrected chi connectivity index (χ0v) is 11.1. The van der Waals surface area contributed by atoms with Crippen LogP contribution in [0.2, 0.25) is 0 Å². The number of rotatable bonds is 4. The van der Waals surface area contributed by atoms with Crippen molar-refractivity contribution in [1.29, 1.82) is 0 Å². The monoisotopic (exact) mass is 282 g/mol. The van der Waals surface area contributed by atoms with E-state index < -0.39 is 10.1 Å². The van der Waals surface area contributed by atoms with Gasteiger partial charge >= 0.3 is 10.1 Å². The summed E-state index contributed by atoms with van der Waals surface area (Å²) in [5.41, 5.74) is 0.421. The molecule has 0 N–H and O–H groups in total. The molecule has 7 heteroatoms. The van der Waals surface area contributed by atoms with Crippen LogP contribution in [0.25, 0.3) is 0 Å². The highest BCUT2D eigenvalue weighted by Crippen LogP contribution is 2.13. The number of hydrogen-bond acceptors (Lipinski definition) is 6. The predicted octanol–water partition coefficient (Wildman–Crippen LogP) is 2.27. The molecule has 0 bridgehead atoms. The molecule has 0 aliphatic heterocycles. The van der Waals surface area contributed by atoms with Crippen molar-refractivity contribution >= 4 is 27.2 Å². The van der Waals surface area contributed by atoms with E-state index in [1.54, 1.807) is 36.7 Å². The first kappa shape index (κ1) is 12.7. The fourth-order valence-corrected chi connectivity index (χ4v) is 2.54.